The molecule has 4 heteroatoms. The number of carbonyl (C=O) groups is 1. The Bertz CT molecular complexity index is 613. The summed E-state index contributed by atoms with van der Waals surface area (Å²) in [5.74, 6) is 0.550. The Kier molecular flexibility index (Phi) is 4.64. The summed E-state index contributed by atoms with van der Waals surface area (Å²) in [5.41, 5.74) is 1.39. The van der Waals surface area contributed by atoms with E-state index in [1.165, 1.54) is 0 Å². The smallest absolute Gasteiger partial charge is 0.253 e. The fourth-order valence-corrected chi connectivity index (χ4v) is 2.24. The number of hydrogen-bond acceptors (Lipinski definition) is 2. The van der Waals surface area contributed by atoms with Gasteiger partial charge < -0.3 is 10.1 Å². The summed E-state index contributed by atoms with van der Waals surface area (Å²) in [7, 11) is 1.61. The van der Waals surface area contributed by atoms with Crippen molar-refractivity contribution in [1.29, 1.82) is 0 Å². The van der Waals surface area contributed by atoms with Crippen LogP contribution in [0.25, 0.3) is 0 Å². The van der Waals surface area contributed by atoms with Crippen molar-refractivity contribution in [3.8, 4) is 5.75 Å². The summed E-state index contributed by atoms with van der Waals surface area (Å²) in [6.07, 6.45) is 0. The van der Waals surface area contributed by atoms with Crippen molar-refractivity contribution in [2.24, 2.45) is 0 Å². The molecule has 1 unspecified atom stereocenters. The molecule has 0 fully saturated rings. The molecule has 1 atom stereocenters. The number of halogens is 1. The van der Waals surface area contributed by atoms with Gasteiger partial charge in [-0.2, -0.15) is 0 Å². The normalized spacial score (nSPS) is 11.8. The van der Waals surface area contributed by atoms with Crippen molar-refractivity contribution >= 4 is 17.5 Å². The number of para-hydroxylation sites is 1. The molecule has 2 aromatic carbocycles. The van der Waals surface area contributed by atoms with Crippen molar-refractivity contribution in [2.45, 2.75) is 13.0 Å². The highest BCUT2D eigenvalue weighted by Gasteiger charge is 2.16. The number of carbonyl (C=O) groups excluding carboxylic acids is 1. The molecule has 0 aliphatic heterocycles. The van der Waals surface area contributed by atoms with Gasteiger partial charge in [0.2, 0.25) is 0 Å². The monoisotopic (exact) mass is 289 g/mol. The van der Waals surface area contributed by atoms with E-state index in [9.17, 15) is 4.79 Å². The van der Waals surface area contributed by atoms with Gasteiger partial charge in [-0.05, 0) is 25.1 Å². The Labute approximate surface area is 123 Å². The number of nitrogens with one attached hydrogen (secondary N) is 1. The van der Waals surface area contributed by atoms with E-state index in [-0.39, 0.29) is 11.9 Å². The van der Waals surface area contributed by atoms with Crippen LogP contribution in [0.4, 0.5) is 0 Å². The molecule has 0 bridgehead atoms. The quantitative estimate of drug-likeness (QED) is 0.929. The van der Waals surface area contributed by atoms with E-state index >= 15 is 0 Å². The van der Waals surface area contributed by atoms with Gasteiger partial charge in [0.1, 0.15) is 5.75 Å². The zero-order chi connectivity index (χ0) is 14.5. The topological polar surface area (TPSA) is 38.3 Å². The van der Waals surface area contributed by atoms with Crippen molar-refractivity contribution in [2.75, 3.05) is 7.11 Å². The van der Waals surface area contributed by atoms with Crippen molar-refractivity contribution in [3.05, 3.63) is 64.7 Å². The second-order valence-corrected chi connectivity index (χ2v) is 4.82. The summed E-state index contributed by atoms with van der Waals surface area (Å²) in [6.45, 7) is 1.91. The summed E-state index contributed by atoms with van der Waals surface area (Å²) in [4.78, 5) is 12.2. The number of benzene rings is 2. The highest BCUT2D eigenvalue weighted by molar-refractivity contribution is 6.33. The highest BCUT2D eigenvalue weighted by atomic mass is 35.5. The maximum Gasteiger partial charge on any atom is 0.253 e. The summed E-state index contributed by atoms with van der Waals surface area (Å²) < 4.78 is 5.30. The average Bonchev–Trinajstić information content (AvgIpc) is 2.47. The molecule has 0 saturated heterocycles. The second-order valence-electron chi connectivity index (χ2n) is 4.42. The molecule has 0 aliphatic rings. The van der Waals surface area contributed by atoms with Gasteiger partial charge in [-0.15, -0.1) is 0 Å². The fraction of sp³-hybridized carbons (Fsp3) is 0.188. The Morgan fingerprint density at radius 3 is 2.50 bits per heavy atom. The van der Waals surface area contributed by atoms with Crippen LogP contribution in [0.3, 0.4) is 0 Å². The van der Waals surface area contributed by atoms with Gasteiger partial charge in [0.15, 0.2) is 0 Å². The molecule has 2 rings (SSSR count). The van der Waals surface area contributed by atoms with Crippen LogP contribution in [0.15, 0.2) is 48.5 Å². The molecular weight excluding hydrogens is 274 g/mol. The van der Waals surface area contributed by atoms with Gasteiger partial charge in [-0.1, -0.05) is 41.9 Å². The lowest BCUT2D eigenvalue weighted by molar-refractivity contribution is 0.0939. The van der Waals surface area contributed by atoms with Crippen LogP contribution in [-0.4, -0.2) is 13.0 Å². The molecule has 104 valence electrons. The predicted octanol–water partition coefficient (Wildman–Crippen LogP) is 3.84. The molecule has 0 spiro atoms. The lowest BCUT2D eigenvalue weighted by Gasteiger charge is -2.17. The first kappa shape index (κ1) is 14.4. The van der Waals surface area contributed by atoms with E-state index in [2.05, 4.69) is 5.32 Å². The first-order valence-corrected chi connectivity index (χ1v) is 6.69. The van der Waals surface area contributed by atoms with Gasteiger partial charge in [0, 0.05) is 5.56 Å². The molecule has 0 aromatic heterocycles. The standard InChI is InChI=1S/C16H16ClNO2/c1-11(12-7-4-6-10-15(12)20-2)18-16(19)13-8-3-5-9-14(13)17/h3-11H,1-2H3,(H,18,19). The minimum atomic E-state index is -0.200. The summed E-state index contributed by atoms with van der Waals surface area (Å²) in [6, 6.07) is 14.4. The molecule has 1 N–H and O–H groups in total. The third kappa shape index (κ3) is 3.11. The van der Waals surface area contributed by atoms with Crippen molar-refractivity contribution in [1.82, 2.24) is 5.32 Å². The Hall–Kier alpha value is -2.00. The van der Waals surface area contributed by atoms with E-state index in [0.29, 0.717) is 10.6 Å². The third-order valence-corrected chi connectivity index (χ3v) is 3.40. The fourth-order valence-electron chi connectivity index (χ4n) is 2.02. The Morgan fingerprint density at radius 2 is 1.80 bits per heavy atom. The first-order chi connectivity index (χ1) is 9.63. The van der Waals surface area contributed by atoms with Crippen LogP contribution in [0, 0.1) is 0 Å². The maximum absolute atomic E-state index is 12.2. The minimum absolute atomic E-state index is 0.171. The van der Waals surface area contributed by atoms with E-state index in [0.717, 1.165) is 11.3 Å². The molecule has 3 nitrogen and oxygen atoms in total. The Morgan fingerprint density at radius 1 is 1.15 bits per heavy atom. The van der Waals surface area contributed by atoms with Gasteiger partial charge >= 0.3 is 0 Å². The molecular formula is C16H16ClNO2. The first-order valence-electron chi connectivity index (χ1n) is 6.31. The zero-order valence-electron chi connectivity index (χ0n) is 11.4. The number of rotatable bonds is 4. The molecule has 0 aliphatic carbocycles. The minimum Gasteiger partial charge on any atom is -0.496 e. The van der Waals surface area contributed by atoms with E-state index in [1.54, 1.807) is 31.4 Å². The number of hydrogen-bond donors (Lipinski definition) is 1. The predicted molar refractivity (Wildman–Crippen MR) is 80.3 cm³/mol. The van der Waals surface area contributed by atoms with E-state index < -0.39 is 0 Å². The van der Waals surface area contributed by atoms with Gasteiger partial charge in [0.25, 0.3) is 5.91 Å². The van der Waals surface area contributed by atoms with Gasteiger partial charge in [0.05, 0.1) is 23.7 Å². The Balaban J connectivity index is 2.18. The van der Waals surface area contributed by atoms with Crippen molar-refractivity contribution in [3.63, 3.8) is 0 Å². The number of amides is 1. The van der Waals surface area contributed by atoms with Crippen LogP contribution >= 0.6 is 11.6 Å². The van der Waals surface area contributed by atoms with E-state index in [1.807, 2.05) is 31.2 Å². The number of methoxy groups -OCH3 is 1. The summed E-state index contributed by atoms with van der Waals surface area (Å²) in [5, 5.41) is 3.37. The average molecular weight is 290 g/mol. The van der Waals surface area contributed by atoms with Crippen molar-refractivity contribution < 1.29 is 9.53 Å². The molecule has 0 radical (unpaired) electrons. The lowest BCUT2D eigenvalue weighted by Crippen LogP contribution is -2.27. The van der Waals surface area contributed by atoms with Crippen LogP contribution in [0.1, 0.15) is 28.9 Å². The van der Waals surface area contributed by atoms with Crippen LogP contribution in [-0.2, 0) is 0 Å². The second kappa shape index (κ2) is 6.44. The molecule has 0 saturated carbocycles. The van der Waals surface area contributed by atoms with Crippen LogP contribution < -0.4 is 10.1 Å². The van der Waals surface area contributed by atoms with E-state index in [4.69, 9.17) is 16.3 Å². The largest absolute Gasteiger partial charge is 0.496 e. The lowest BCUT2D eigenvalue weighted by atomic mass is 10.1. The molecule has 20 heavy (non-hydrogen) atoms. The van der Waals surface area contributed by atoms with Gasteiger partial charge in [-0.3, -0.25) is 4.79 Å². The molecule has 0 heterocycles. The molecule has 2 aromatic rings. The maximum atomic E-state index is 12.2. The zero-order valence-corrected chi connectivity index (χ0v) is 12.1. The van der Waals surface area contributed by atoms with Gasteiger partial charge in [-0.25, -0.2) is 0 Å². The SMILES string of the molecule is COc1ccccc1C(C)NC(=O)c1ccccc1Cl. The number of ether oxygens (including phenoxy) is 1. The highest BCUT2D eigenvalue weighted by Crippen LogP contribution is 2.25. The van der Waals surface area contributed by atoms with Crippen LogP contribution in [0.2, 0.25) is 5.02 Å². The third-order valence-electron chi connectivity index (χ3n) is 3.07. The summed E-state index contributed by atoms with van der Waals surface area (Å²) >= 11 is 6.02. The van der Waals surface area contributed by atoms with Crippen LogP contribution in [0.5, 0.6) is 5.75 Å². The molecule has 1 amide bonds.